The van der Waals surface area contributed by atoms with Gasteiger partial charge >= 0.3 is 0 Å². The smallest absolute Gasteiger partial charge is 0.253 e. The number of nitrogens with one attached hydrogen (secondary N) is 1. The Bertz CT molecular complexity index is 286. The third-order valence-corrected chi connectivity index (χ3v) is 1.48. The molecule has 0 saturated heterocycles. The van der Waals surface area contributed by atoms with E-state index in [4.69, 9.17) is 23.8 Å². The number of halogens is 1. The molecule has 0 aromatic carbocycles. The van der Waals surface area contributed by atoms with Crippen LogP contribution in [-0.2, 0) is 0 Å². The minimum Gasteiger partial charge on any atom is -0.352 e. The lowest BCUT2D eigenvalue weighted by Crippen LogP contribution is -1.88. The Morgan fingerprint density at radius 3 is 2.70 bits per heavy atom. The Hall–Kier alpha value is -0.670. The average molecular weight is 174 g/mol. The molecule has 4 heteroatoms. The molecule has 1 rings (SSSR count). The molecule has 0 aliphatic rings. The zero-order valence-corrected chi connectivity index (χ0v) is 6.50. The van der Waals surface area contributed by atoms with Crippen LogP contribution in [-0.4, -0.2) is 10.2 Å². The zero-order valence-electron chi connectivity index (χ0n) is 4.93. The number of carbonyl (C=O) groups is 1. The first kappa shape index (κ1) is 7.44. The van der Waals surface area contributed by atoms with Gasteiger partial charge in [-0.25, -0.2) is 0 Å². The first-order chi connectivity index (χ1) is 4.70. The maximum Gasteiger partial charge on any atom is 0.253 e. The molecule has 1 aromatic rings. The van der Waals surface area contributed by atoms with E-state index in [2.05, 4.69) is 4.98 Å². The van der Waals surface area contributed by atoms with E-state index in [1.54, 1.807) is 12.1 Å². The van der Waals surface area contributed by atoms with E-state index in [9.17, 15) is 4.79 Å². The van der Waals surface area contributed by atoms with Crippen molar-refractivity contribution in [1.29, 1.82) is 0 Å². The van der Waals surface area contributed by atoms with Gasteiger partial charge in [0.2, 0.25) is 0 Å². The highest BCUT2D eigenvalue weighted by molar-refractivity contribution is 7.71. The molecule has 0 unspecified atom stereocenters. The molecule has 0 aliphatic heterocycles. The molecule has 1 heterocycles. The summed E-state index contributed by atoms with van der Waals surface area (Å²) in [5.41, 5.74) is 0.426. The van der Waals surface area contributed by atoms with Crippen LogP contribution in [0.3, 0.4) is 0 Å². The number of aromatic nitrogens is 1. The van der Waals surface area contributed by atoms with Gasteiger partial charge in [0.25, 0.3) is 5.24 Å². The number of aromatic amines is 1. The Morgan fingerprint density at radius 2 is 2.30 bits per heavy atom. The van der Waals surface area contributed by atoms with Crippen molar-refractivity contribution in [3.8, 4) is 0 Å². The quantitative estimate of drug-likeness (QED) is 0.521. The third-order valence-electron chi connectivity index (χ3n) is 1.01. The normalized spacial score (nSPS) is 9.30. The van der Waals surface area contributed by atoms with Crippen molar-refractivity contribution in [1.82, 2.24) is 4.98 Å². The number of carbonyl (C=O) groups excluding carboxylic acids is 1. The molecule has 52 valence electrons. The number of hydrogen-bond donors (Lipinski definition) is 1. The van der Waals surface area contributed by atoms with Crippen molar-refractivity contribution in [2.45, 2.75) is 0 Å². The second-order valence-corrected chi connectivity index (χ2v) is 2.50. The summed E-state index contributed by atoms with van der Waals surface area (Å²) in [6.07, 6.45) is 1.48. The van der Waals surface area contributed by atoms with Gasteiger partial charge < -0.3 is 4.98 Å². The van der Waals surface area contributed by atoms with E-state index in [0.29, 0.717) is 10.2 Å². The van der Waals surface area contributed by atoms with Crippen LogP contribution in [0.5, 0.6) is 0 Å². The lowest BCUT2D eigenvalue weighted by atomic mass is 10.3. The average Bonchev–Trinajstić information content (AvgIpc) is 1.88. The van der Waals surface area contributed by atoms with Gasteiger partial charge in [0, 0.05) is 6.20 Å². The second-order valence-electron chi connectivity index (χ2n) is 1.72. The fourth-order valence-corrected chi connectivity index (χ4v) is 0.777. The summed E-state index contributed by atoms with van der Waals surface area (Å²) in [4.78, 5) is 13.2. The van der Waals surface area contributed by atoms with E-state index in [0.717, 1.165) is 0 Å². The molecule has 0 spiro atoms. The zero-order chi connectivity index (χ0) is 7.56. The van der Waals surface area contributed by atoms with Gasteiger partial charge in [-0.15, -0.1) is 0 Å². The standard InChI is InChI=1S/C6H4ClNOS/c7-6(9)4-1-2-5(10)8-3-4/h1-3H,(H,8,10). The molecule has 0 atom stereocenters. The molecule has 2 nitrogen and oxygen atoms in total. The molecule has 0 saturated carbocycles. The van der Waals surface area contributed by atoms with Gasteiger partial charge in [0.1, 0.15) is 4.64 Å². The van der Waals surface area contributed by atoms with E-state index in [1.807, 2.05) is 0 Å². The monoisotopic (exact) mass is 173 g/mol. The van der Waals surface area contributed by atoms with Crippen LogP contribution >= 0.6 is 23.8 Å². The van der Waals surface area contributed by atoms with Crippen molar-refractivity contribution in [3.05, 3.63) is 28.5 Å². The van der Waals surface area contributed by atoms with Gasteiger partial charge in [-0.2, -0.15) is 0 Å². The Kier molecular flexibility index (Phi) is 2.19. The van der Waals surface area contributed by atoms with Crippen LogP contribution in [0.25, 0.3) is 0 Å². The van der Waals surface area contributed by atoms with E-state index in [1.165, 1.54) is 6.20 Å². The van der Waals surface area contributed by atoms with E-state index in [-0.39, 0.29) is 0 Å². The van der Waals surface area contributed by atoms with E-state index >= 15 is 0 Å². The topological polar surface area (TPSA) is 32.9 Å². The highest BCUT2D eigenvalue weighted by Gasteiger charge is 1.97. The van der Waals surface area contributed by atoms with Crippen LogP contribution in [0.15, 0.2) is 18.3 Å². The molecular weight excluding hydrogens is 170 g/mol. The van der Waals surface area contributed by atoms with Crippen molar-refractivity contribution in [2.24, 2.45) is 0 Å². The predicted molar refractivity (Wildman–Crippen MR) is 41.8 cm³/mol. The summed E-state index contributed by atoms with van der Waals surface area (Å²) in [7, 11) is 0. The number of rotatable bonds is 1. The Balaban J connectivity index is 3.12. The van der Waals surface area contributed by atoms with Gasteiger partial charge in [-0.3, -0.25) is 4.79 Å². The molecule has 1 N–H and O–H groups in total. The lowest BCUT2D eigenvalue weighted by Gasteiger charge is -1.89. The summed E-state index contributed by atoms with van der Waals surface area (Å²) < 4.78 is 0.585. The molecule has 0 aliphatic carbocycles. The van der Waals surface area contributed by atoms with Gasteiger partial charge in [-0.1, -0.05) is 12.2 Å². The van der Waals surface area contributed by atoms with Crippen molar-refractivity contribution in [3.63, 3.8) is 0 Å². The van der Waals surface area contributed by atoms with Crippen LogP contribution in [0.2, 0.25) is 0 Å². The predicted octanol–water partition coefficient (Wildman–Crippen LogP) is 2.12. The molecule has 0 fully saturated rings. The Labute approximate surface area is 67.8 Å². The fourth-order valence-electron chi connectivity index (χ4n) is 0.533. The third kappa shape index (κ3) is 1.65. The molecule has 10 heavy (non-hydrogen) atoms. The fraction of sp³-hybridized carbons (Fsp3) is 0. The summed E-state index contributed by atoms with van der Waals surface area (Å²) in [6, 6.07) is 3.19. The van der Waals surface area contributed by atoms with Gasteiger partial charge in [0.15, 0.2) is 0 Å². The van der Waals surface area contributed by atoms with Crippen LogP contribution < -0.4 is 0 Å². The first-order valence-electron chi connectivity index (χ1n) is 2.59. The first-order valence-corrected chi connectivity index (χ1v) is 3.37. The highest BCUT2D eigenvalue weighted by Crippen LogP contribution is 2.00. The molecular formula is C6H4ClNOS. The maximum atomic E-state index is 10.5. The lowest BCUT2D eigenvalue weighted by molar-refractivity contribution is 0.108. The van der Waals surface area contributed by atoms with Crippen LogP contribution in [0, 0.1) is 4.64 Å². The van der Waals surface area contributed by atoms with Crippen molar-refractivity contribution in [2.75, 3.05) is 0 Å². The van der Waals surface area contributed by atoms with Gasteiger partial charge in [0.05, 0.1) is 5.56 Å². The minimum atomic E-state index is -0.480. The van der Waals surface area contributed by atoms with Gasteiger partial charge in [-0.05, 0) is 23.7 Å². The highest BCUT2D eigenvalue weighted by atomic mass is 35.5. The second kappa shape index (κ2) is 2.94. The largest absolute Gasteiger partial charge is 0.352 e. The molecule has 0 radical (unpaired) electrons. The van der Waals surface area contributed by atoms with E-state index < -0.39 is 5.24 Å². The summed E-state index contributed by atoms with van der Waals surface area (Å²) in [5, 5.41) is -0.480. The minimum absolute atomic E-state index is 0.426. The number of pyridine rings is 1. The Morgan fingerprint density at radius 1 is 1.60 bits per heavy atom. The molecule has 0 amide bonds. The van der Waals surface area contributed by atoms with Crippen molar-refractivity contribution >= 4 is 29.1 Å². The summed E-state index contributed by atoms with van der Waals surface area (Å²) >= 11 is 9.91. The maximum absolute atomic E-state index is 10.5. The SMILES string of the molecule is O=C(Cl)c1ccc(=S)[nH]c1. The molecule has 1 aromatic heterocycles. The number of H-pyrrole nitrogens is 1. The number of hydrogen-bond acceptors (Lipinski definition) is 2. The van der Waals surface area contributed by atoms with Crippen LogP contribution in [0.1, 0.15) is 10.4 Å². The molecule has 0 bridgehead atoms. The summed E-state index contributed by atoms with van der Waals surface area (Å²) in [5.74, 6) is 0. The van der Waals surface area contributed by atoms with Crippen molar-refractivity contribution < 1.29 is 4.79 Å². The summed E-state index contributed by atoms with van der Waals surface area (Å²) in [6.45, 7) is 0. The van der Waals surface area contributed by atoms with Crippen LogP contribution in [0.4, 0.5) is 0 Å².